The fourth-order valence-corrected chi connectivity index (χ4v) is 4.61. The lowest BCUT2D eigenvalue weighted by Gasteiger charge is -2.19. The first-order chi connectivity index (χ1) is 16.0. The molecule has 0 aliphatic heterocycles. The van der Waals surface area contributed by atoms with Gasteiger partial charge in [-0.2, -0.15) is 0 Å². The Labute approximate surface area is 199 Å². The molecule has 0 saturated heterocycles. The zero-order valence-corrected chi connectivity index (χ0v) is 19.1. The molecule has 8 heteroatoms. The Morgan fingerprint density at radius 2 is 1.64 bits per heavy atom. The van der Waals surface area contributed by atoms with Crippen molar-refractivity contribution in [2.75, 3.05) is 19.8 Å². The van der Waals surface area contributed by atoms with Crippen molar-refractivity contribution in [1.29, 1.82) is 0 Å². The van der Waals surface area contributed by atoms with Gasteiger partial charge in [0.15, 0.2) is 6.04 Å². The second kappa shape index (κ2) is 10.1. The summed E-state index contributed by atoms with van der Waals surface area (Å²) >= 11 is 3.33. The number of rotatable bonds is 8. The van der Waals surface area contributed by atoms with Crippen LogP contribution in [0.1, 0.15) is 28.7 Å². The summed E-state index contributed by atoms with van der Waals surface area (Å²) in [6.45, 7) is 0.0634. The summed E-state index contributed by atoms with van der Waals surface area (Å²) in [6.07, 6.45) is -0.822. The summed E-state index contributed by atoms with van der Waals surface area (Å²) in [5.74, 6) is -0.890. The molecule has 1 aliphatic rings. The van der Waals surface area contributed by atoms with E-state index >= 15 is 0 Å². The molecule has 0 heterocycles. The zero-order chi connectivity index (χ0) is 23.4. The number of aliphatic hydroxyl groups is 1. The first kappa shape index (κ1) is 22.8. The quantitative estimate of drug-likeness (QED) is 0.411. The molecule has 0 spiro atoms. The van der Waals surface area contributed by atoms with Crippen LogP contribution >= 0.6 is 15.9 Å². The summed E-state index contributed by atoms with van der Waals surface area (Å²) in [6, 6.07) is 19.3. The van der Waals surface area contributed by atoms with E-state index in [1.807, 2.05) is 48.5 Å². The molecule has 1 unspecified atom stereocenters. The molecule has 1 aliphatic carbocycles. The maximum absolute atomic E-state index is 12.6. The topological polar surface area (TPSA) is 105 Å². The number of carbonyl (C=O) groups excluding carboxylic acids is 1. The summed E-state index contributed by atoms with van der Waals surface area (Å²) in [5.41, 5.74) is 4.70. The van der Waals surface area contributed by atoms with Gasteiger partial charge in [-0.3, -0.25) is 0 Å². The van der Waals surface area contributed by atoms with E-state index in [4.69, 9.17) is 14.6 Å². The van der Waals surface area contributed by atoms with Gasteiger partial charge in [0, 0.05) is 16.0 Å². The van der Waals surface area contributed by atoms with Crippen molar-refractivity contribution in [2.45, 2.75) is 12.0 Å². The minimum atomic E-state index is -1.32. The normalized spacial score (nSPS) is 13.0. The number of aliphatic carboxylic acids is 1. The first-order valence-electron chi connectivity index (χ1n) is 10.4. The number of carboxylic acids is 1. The van der Waals surface area contributed by atoms with E-state index in [0.717, 1.165) is 22.3 Å². The second-order valence-corrected chi connectivity index (χ2v) is 8.35. The van der Waals surface area contributed by atoms with Gasteiger partial charge in [-0.25, -0.2) is 9.59 Å². The average Bonchev–Trinajstić information content (AvgIpc) is 3.14. The number of nitrogens with one attached hydrogen (secondary N) is 1. The number of hydrogen-bond donors (Lipinski definition) is 3. The number of ether oxygens (including phenoxy) is 2. The van der Waals surface area contributed by atoms with E-state index < -0.39 is 18.1 Å². The molecule has 0 bridgehead atoms. The molecule has 0 fully saturated rings. The van der Waals surface area contributed by atoms with Gasteiger partial charge in [-0.15, -0.1) is 0 Å². The number of hydrogen-bond acceptors (Lipinski definition) is 5. The molecule has 3 N–H and O–H groups in total. The smallest absolute Gasteiger partial charge is 0.408 e. The summed E-state index contributed by atoms with van der Waals surface area (Å²) in [7, 11) is 0. The predicted molar refractivity (Wildman–Crippen MR) is 125 cm³/mol. The van der Waals surface area contributed by atoms with Gasteiger partial charge in [-0.05, 0) is 34.4 Å². The summed E-state index contributed by atoms with van der Waals surface area (Å²) in [4.78, 5) is 24.4. The number of fused-ring (bicyclic) bond motifs is 3. The maximum atomic E-state index is 12.6. The lowest BCUT2D eigenvalue weighted by molar-refractivity contribution is -0.139. The highest BCUT2D eigenvalue weighted by Crippen LogP contribution is 2.44. The molecule has 33 heavy (non-hydrogen) atoms. The molecule has 1 amide bonds. The molecule has 7 nitrogen and oxygen atoms in total. The van der Waals surface area contributed by atoms with E-state index in [9.17, 15) is 14.7 Å². The largest absolute Gasteiger partial charge is 0.491 e. The molecule has 0 radical (unpaired) electrons. The van der Waals surface area contributed by atoms with Gasteiger partial charge in [0.25, 0.3) is 0 Å². The molecule has 1 atom stereocenters. The highest BCUT2D eigenvalue weighted by atomic mass is 79.9. The molecule has 170 valence electrons. The van der Waals surface area contributed by atoms with Crippen LogP contribution < -0.4 is 10.1 Å². The third kappa shape index (κ3) is 4.86. The molecule has 0 saturated carbocycles. The third-order valence-electron chi connectivity index (χ3n) is 5.50. The SMILES string of the molecule is O=C(NC(C(=O)O)c1ccc(OCCO)cc1Br)OCC1c2ccccc2-c2ccccc21. The van der Waals surface area contributed by atoms with Crippen LogP contribution in [-0.4, -0.2) is 42.1 Å². The van der Waals surface area contributed by atoms with Crippen LogP contribution in [0.2, 0.25) is 0 Å². The van der Waals surface area contributed by atoms with Crippen molar-refractivity contribution in [3.8, 4) is 16.9 Å². The minimum absolute atomic E-state index is 0.0846. The van der Waals surface area contributed by atoms with Crippen molar-refractivity contribution < 1.29 is 29.3 Å². The summed E-state index contributed by atoms with van der Waals surface area (Å²) in [5, 5.41) is 21.0. The van der Waals surface area contributed by atoms with Crippen LogP contribution in [0.15, 0.2) is 71.2 Å². The van der Waals surface area contributed by atoms with E-state index in [-0.39, 0.29) is 25.7 Å². The molecule has 0 aromatic heterocycles. The van der Waals surface area contributed by atoms with Crippen LogP contribution in [0.4, 0.5) is 4.79 Å². The third-order valence-corrected chi connectivity index (χ3v) is 6.18. The van der Waals surface area contributed by atoms with Crippen molar-refractivity contribution in [3.05, 3.63) is 87.9 Å². The average molecular weight is 512 g/mol. The fraction of sp³-hybridized carbons (Fsp3) is 0.200. The monoisotopic (exact) mass is 511 g/mol. The Hall–Kier alpha value is -3.36. The van der Waals surface area contributed by atoms with Gasteiger partial charge in [-0.1, -0.05) is 70.5 Å². The fourth-order valence-electron chi connectivity index (χ4n) is 4.03. The van der Waals surface area contributed by atoms with Gasteiger partial charge >= 0.3 is 12.1 Å². The van der Waals surface area contributed by atoms with Crippen molar-refractivity contribution >= 4 is 28.0 Å². The minimum Gasteiger partial charge on any atom is -0.491 e. The van der Waals surface area contributed by atoms with Gasteiger partial charge < -0.3 is 25.0 Å². The van der Waals surface area contributed by atoms with E-state index in [2.05, 4.69) is 21.2 Å². The van der Waals surface area contributed by atoms with E-state index in [1.54, 1.807) is 18.2 Å². The van der Waals surface area contributed by atoms with Gasteiger partial charge in [0.05, 0.1) is 6.61 Å². The Kier molecular flexibility index (Phi) is 6.96. The van der Waals surface area contributed by atoms with Crippen LogP contribution in [0.5, 0.6) is 5.75 Å². The van der Waals surface area contributed by atoms with Crippen molar-refractivity contribution in [3.63, 3.8) is 0 Å². The number of benzene rings is 3. The van der Waals surface area contributed by atoms with Crippen molar-refractivity contribution in [2.24, 2.45) is 0 Å². The molecular formula is C25H22BrNO6. The highest BCUT2D eigenvalue weighted by Gasteiger charge is 2.30. The lowest BCUT2D eigenvalue weighted by Crippen LogP contribution is -2.35. The van der Waals surface area contributed by atoms with Crippen molar-refractivity contribution in [1.82, 2.24) is 5.32 Å². The number of carboxylic acid groups (broad SMARTS) is 1. The van der Waals surface area contributed by atoms with Crippen LogP contribution in [0, 0.1) is 0 Å². The Bertz CT molecular complexity index is 1140. The van der Waals surface area contributed by atoms with Gasteiger partial charge in [0.2, 0.25) is 0 Å². The standard InChI is InChI=1S/C25H22BrNO6/c26-22-13-15(32-12-11-28)9-10-20(22)23(24(29)30)27-25(31)33-14-21-18-7-3-1-5-16(18)17-6-2-4-8-19(17)21/h1-10,13,21,23,28H,11-12,14H2,(H,27,31)(H,29,30). The number of alkyl carbamates (subject to hydrolysis) is 1. The number of halogens is 1. The Morgan fingerprint density at radius 3 is 2.21 bits per heavy atom. The number of amides is 1. The first-order valence-corrected chi connectivity index (χ1v) is 11.2. The molecular weight excluding hydrogens is 490 g/mol. The zero-order valence-electron chi connectivity index (χ0n) is 17.5. The molecule has 3 aromatic rings. The number of carbonyl (C=O) groups is 2. The maximum Gasteiger partial charge on any atom is 0.408 e. The second-order valence-electron chi connectivity index (χ2n) is 7.50. The van der Waals surface area contributed by atoms with E-state index in [0.29, 0.717) is 15.8 Å². The molecule has 3 aromatic carbocycles. The lowest BCUT2D eigenvalue weighted by atomic mass is 9.98. The predicted octanol–water partition coefficient (Wildman–Crippen LogP) is 4.48. The molecule has 4 rings (SSSR count). The number of aliphatic hydroxyl groups excluding tert-OH is 1. The van der Waals surface area contributed by atoms with Crippen LogP contribution in [-0.2, 0) is 9.53 Å². The van der Waals surface area contributed by atoms with Crippen LogP contribution in [0.3, 0.4) is 0 Å². The Balaban J connectivity index is 1.46. The van der Waals surface area contributed by atoms with Crippen LogP contribution in [0.25, 0.3) is 11.1 Å². The van der Waals surface area contributed by atoms with Gasteiger partial charge in [0.1, 0.15) is 19.0 Å². The highest BCUT2D eigenvalue weighted by molar-refractivity contribution is 9.10. The Morgan fingerprint density at radius 1 is 1.00 bits per heavy atom. The van der Waals surface area contributed by atoms with E-state index in [1.165, 1.54) is 0 Å². The summed E-state index contributed by atoms with van der Waals surface area (Å²) < 4.78 is 11.3.